The first-order valence-electron chi connectivity index (χ1n) is 15.6. The topological polar surface area (TPSA) is 161 Å². The van der Waals surface area contributed by atoms with Crippen molar-refractivity contribution in [2.75, 3.05) is 4.90 Å². The van der Waals surface area contributed by atoms with Gasteiger partial charge >= 0.3 is 0 Å². The third-order valence-corrected chi connectivity index (χ3v) is 10.5. The summed E-state index contributed by atoms with van der Waals surface area (Å²) in [7, 11) is 0. The molecule has 0 fully saturated rings. The van der Waals surface area contributed by atoms with E-state index < -0.39 is 0 Å². The van der Waals surface area contributed by atoms with Crippen molar-refractivity contribution in [2.24, 2.45) is 0 Å². The fraction of sp³-hybridized carbons (Fsp3) is 0. The highest BCUT2D eigenvalue weighted by Crippen LogP contribution is 2.49. The maximum absolute atomic E-state index is 11.4. The van der Waals surface area contributed by atoms with Gasteiger partial charge in [0.2, 0.25) is 0 Å². The number of hydrogen-bond donors (Lipinski definition) is 5. The summed E-state index contributed by atoms with van der Waals surface area (Å²) in [6.45, 7) is 0. The number of nitrogens with zero attached hydrogens (tertiary/aromatic N) is 6. The van der Waals surface area contributed by atoms with Gasteiger partial charge in [-0.15, -0.1) is 37.7 Å². The molecule has 0 saturated carbocycles. The van der Waals surface area contributed by atoms with Gasteiger partial charge in [0, 0.05) is 36.0 Å². The molecule has 3 heterocycles. The number of para-hydroxylation sites is 2. The molecule has 0 saturated heterocycles. The number of aromatic hydroxyl groups is 5. The Labute approximate surface area is 296 Å². The van der Waals surface area contributed by atoms with Gasteiger partial charge in [-0.05, 0) is 48.5 Å². The summed E-state index contributed by atoms with van der Waals surface area (Å²) in [5.74, 6) is -1.26. The average molecular weight is 709 g/mol. The highest BCUT2D eigenvalue weighted by molar-refractivity contribution is 7.22. The number of phenols is 5. The van der Waals surface area contributed by atoms with Crippen LogP contribution in [0.1, 0.15) is 0 Å². The number of fused-ring (bicyclic) bond motifs is 3. The lowest BCUT2D eigenvalue weighted by atomic mass is 10.1. The second-order valence-electron chi connectivity index (χ2n) is 11.7. The predicted octanol–water partition coefficient (Wildman–Crippen LogP) is 8.97. The van der Waals surface area contributed by atoms with Gasteiger partial charge in [-0.1, -0.05) is 36.4 Å². The zero-order valence-electron chi connectivity index (χ0n) is 26.2. The van der Waals surface area contributed by atoms with Gasteiger partial charge in [0.15, 0.2) is 5.69 Å². The molecule has 0 radical (unpaired) electrons. The molecule has 0 unspecified atom stereocenters. The molecule has 0 aliphatic rings. The van der Waals surface area contributed by atoms with E-state index in [0.717, 1.165) is 25.2 Å². The SMILES string of the molecule is Oc1cc(N(c2cc(O)c(-c3nc4ccccc4s3)c(O)c2)c2cc(O)c(-n3nc4ccccc4n3)c(O)c2)ccc1-c1nc2ccccc2s1. The molecular formula is C38H24N6O5S2. The van der Waals surface area contributed by atoms with Crippen molar-refractivity contribution in [3.05, 3.63) is 115 Å². The first kappa shape index (κ1) is 30.4. The molecule has 3 aromatic heterocycles. The molecule has 51 heavy (non-hydrogen) atoms. The number of aromatic nitrogens is 5. The van der Waals surface area contributed by atoms with Crippen molar-refractivity contribution in [3.63, 3.8) is 0 Å². The molecule has 0 spiro atoms. The molecule has 0 atom stereocenters. The molecule has 13 heteroatoms. The Balaban J connectivity index is 1.19. The van der Waals surface area contributed by atoms with Gasteiger partial charge in [0.05, 0.1) is 42.9 Å². The monoisotopic (exact) mass is 708 g/mol. The van der Waals surface area contributed by atoms with Crippen LogP contribution >= 0.6 is 22.7 Å². The van der Waals surface area contributed by atoms with E-state index in [4.69, 9.17) is 0 Å². The first-order valence-corrected chi connectivity index (χ1v) is 17.2. The summed E-state index contributed by atoms with van der Waals surface area (Å²) in [5.41, 5.74) is 4.21. The highest BCUT2D eigenvalue weighted by Gasteiger charge is 2.25. The van der Waals surface area contributed by atoms with Crippen LogP contribution in [0.4, 0.5) is 17.1 Å². The molecule has 248 valence electrons. The van der Waals surface area contributed by atoms with Crippen LogP contribution in [0.25, 0.3) is 58.3 Å². The summed E-state index contributed by atoms with van der Waals surface area (Å²) in [4.78, 5) is 12.0. The van der Waals surface area contributed by atoms with E-state index in [1.807, 2.05) is 60.7 Å². The van der Waals surface area contributed by atoms with E-state index in [-0.39, 0.29) is 51.4 Å². The van der Waals surface area contributed by atoms with Gasteiger partial charge in [-0.3, -0.25) is 0 Å². The smallest absolute Gasteiger partial charge is 0.169 e. The van der Waals surface area contributed by atoms with E-state index >= 15 is 0 Å². The number of rotatable bonds is 6. The minimum Gasteiger partial charge on any atom is -0.507 e. The van der Waals surface area contributed by atoms with Crippen LogP contribution < -0.4 is 4.90 Å². The molecule has 5 N–H and O–H groups in total. The first-order chi connectivity index (χ1) is 24.8. The van der Waals surface area contributed by atoms with Gasteiger partial charge in [0.25, 0.3) is 0 Å². The summed E-state index contributed by atoms with van der Waals surface area (Å²) in [6.07, 6.45) is 0. The fourth-order valence-electron chi connectivity index (χ4n) is 6.08. The molecule has 0 aliphatic heterocycles. The van der Waals surface area contributed by atoms with E-state index in [1.54, 1.807) is 29.2 Å². The lowest BCUT2D eigenvalue weighted by Crippen LogP contribution is -2.11. The maximum atomic E-state index is 11.4. The normalized spacial score (nSPS) is 11.5. The summed E-state index contributed by atoms with van der Waals surface area (Å²) in [5, 5.41) is 66.7. The quantitative estimate of drug-likeness (QED) is 0.113. The second-order valence-corrected chi connectivity index (χ2v) is 13.7. The van der Waals surface area contributed by atoms with E-state index in [0.29, 0.717) is 32.3 Å². The minimum atomic E-state index is -0.342. The highest BCUT2D eigenvalue weighted by atomic mass is 32.1. The summed E-state index contributed by atoms with van der Waals surface area (Å²) in [6, 6.07) is 33.1. The molecule has 9 rings (SSSR count). The molecule has 6 aromatic carbocycles. The lowest BCUT2D eigenvalue weighted by molar-refractivity contribution is 0.439. The summed E-state index contributed by atoms with van der Waals surface area (Å²) >= 11 is 2.78. The summed E-state index contributed by atoms with van der Waals surface area (Å²) < 4.78 is 1.87. The molecular weight excluding hydrogens is 685 g/mol. The van der Waals surface area contributed by atoms with Crippen LogP contribution in [0.3, 0.4) is 0 Å². The fourth-order valence-corrected chi connectivity index (χ4v) is 8.11. The van der Waals surface area contributed by atoms with E-state index in [9.17, 15) is 25.5 Å². The Kier molecular flexibility index (Phi) is 6.98. The van der Waals surface area contributed by atoms with Crippen molar-refractivity contribution >= 4 is 71.2 Å². The van der Waals surface area contributed by atoms with Gasteiger partial charge in [0.1, 0.15) is 49.8 Å². The van der Waals surface area contributed by atoms with E-state index in [2.05, 4.69) is 20.2 Å². The minimum absolute atomic E-state index is 0.0409. The van der Waals surface area contributed by atoms with Crippen LogP contribution in [0, 0.1) is 0 Å². The largest absolute Gasteiger partial charge is 0.507 e. The molecule has 0 amide bonds. The third kappa shape index (κ3) is 5.19. The maximum Gasteiger partial charge on any atom is 0.169 e. The molecule has 11 nitrogen and oxygen atoms in total. The van der Waals surface area contributed by atoms with Crippen LogP contribution in [0.5, 0.6) is 28.7 Å². The van der Waals surface area contributed by atoms with Crippen molar-refractivity contribution in [1.29, 1.82) is 0 Å². The number of anilines is 3. The van der Waals surface area contributed by atoms with Crippen molar-refractivity contribution in [1.82, 2.24) is 25.0 Å². The van der Waals surface area contributed by atoms with Gasteiger partial charge in [-0.2, -0.15) is 0 Å². The van der Waals surface area contributed by atoms with Gasteiger partial charge in [-0.25, -0.2) is 9.97 Å². The number of phenolic OH excluding ortho intramolecular Hbond substituents is 5. The van der Waals surface area contributed by atoms with Crippen LogP contribution in [0.15, 0.2) is 115 Å². The average Bonchev–Trinajstić information content (AvgIpc) is 3.84. The Bertz CT molecular complexity index is 2540. The third-order valence-electron chi connectivity index (χ3n) is 8.41. The van der Waals surface area contributed by atoms with Crippen LogP contribution in [-0.2, 0) is 0 Å². The van der Waals surface area contributed by atoms with Crippen molar-refractivity contribution < 1.29 is 25.5 Å². The number of hydrogen-bond acceptors (Lipinski definition) is 12. The number of thiazole rings is 2. The molecule has 0 bridgehead atoms. The Morgan fingerprint density at radius 2 is 0.941 bits per heavy atom. The Morgan fingerprint density at radius 1 is 0.471 bits per heavy atom. The lowest BCUT2D eigenvalue weighted by Gasteiger charge is -2.27. The van der Waals surface area contributed by atoms with Crippen molar-refractivity contribution in [3.8, 4) is 55.6 Å². The zero-order chi connectivity index (χ0) is 34.8. The molecule has 0 aliphatic carbocycles. The Hall–Kier alpha value is -6.70. The second kappa shape index (κ2) is 11.7. The van der Waals surface area contributed by atoms with Crippen LogP contribution in [-0.4, -0.2) is 50.5 Å². The predicted molar refractivity (Wildman–Crippen MR) is 199 cm³/mol. The molecule has 9 aromatic rings. The standard InChI is InChI=1S/C38H24N6O5S2/c45-28-15-20(13-14-23(28)37-39-26-9-3-5-11-33(26)50-37)43(21-16-29(46)35(30(47)17-21)38-40-27-10-4-6-12-34(27)51-38)22-18-31(48)36(32(49)19-22)44-41-24-7-1-2-8-25(24)42-44/h1-19,45-49H. The van der Waals surface area contributed by atoms with E-state index in [1.165, 1.54) is 53.0 Å². The zero-order valence-corrected chi connectivity index (χ0v) is 27.8. The number of benzene rings is 6. The van der Waals surface area contributed by atoms with Crippen molar-refractivity contribution in [2.45, 2.75) is 0 Å². The van der Waals surface area contributed by atoms with Gasteiger partial charge < -0.3 is 30.4 Å². The van der Waals surface area contributed by atoms with Crippen LogP contribution in [0.2, 0.25) is 0 Å². The Morgan fingerprint density at radius 3 is 1.49 bits per heavy atom.